The van der Waals surface area contributed by atoms with Crippen molar-refractivity contribution in [2.45, 2.75) is 18.9 Å². The summed E-state index contributed by atoms with van der Waals surface area (Å²) in [5, 5.41) is 7.99. The average Bonchev–Trinajstić information content (AvgIpc) is 3.13. The lowest BCUT2D eigenvalue weighted by Gasteiger charge is -2.14. The topological polar surface area (TPSA) is 59.6 Å². The molecule has 1 aliphatic heterocycles. The summed E-state index contributed by atoms with van der Waals surface area (Å²) in [5.74, 6) is 0.297. The van der Waals surface area contributed by atoms with Gasteiger partial charge in [-0.1, -0.05) is 28.1 Å². The zero-order valence-corrected chi connectivity index (χ0v) is 17.9. The fourth-order valence-electron chi connectivity index (χ4n) is 2.72. The van der Waals surface area contributed by atoms with Crippen LogP contribution in [0, 0.1) is 0 Å². The van der Waals surface area contributed by atoms with Crippen LogP contribution in [0.3, 0.4) is 0 Å². The lowest BCUT2D eigenvalue weighted by molar-refractivity contribution is -0.121. The molecule has 1 fully saturated rings. The van der Waals surface area contributed by atoms with Crippen LogP contribution in [0.5, 0.6) is 5.75 Å². The van der Waals surface area contributed by atoms with Crippen LogP contribution in [-0.2, 0) is 9.53 Å². The first-order valence-electron chi connectivity index (χ1n) is 8.23. The van der Waals surface area contributed by atoms with Gasteiger partial charge in [0, 0.05) is 17.6 Å². The van der Waals surface area contributed by atoms with Crippen molar-refractivity contribution in [1.29, 1.82) is 0 Å². The summed E-state index contributed by atoms with van der Waals surface area (Å²) in [6.45, 7) is 1.27. The highest BCUT2D eigenvalue weighted by Gasteiger charge is 2.16. The molecule has 1 aliphatic rings. The van der Waals surface area contributed by atoms with Crippen molar-refractivity contribution in [2.75, 3.05) is 19.8 Å². The second kappa shape index (κ2) is 9.12. The Bertz CT molecular complexity index is 825. The van der Waals surface area contributed by atoms with Gasteiger partial charge in [-0.3, -0.25) is 4.79 Å². The van der Waals surface area contributed by atoms with Crippen molar-refractivity contribution in [1.82, 2.24) is 10.6 Å². The van der Waals surface area contributed by atoms with Crippen molar-refractivity contribution in [3.8, 4) is 5.75 Å². The molecule has 0 bridgehead atoms. The van der Waals surface area contributed by atoms with Crippen LogP contribution in [0.2, 0.25) is 0 Å². The van der Waals surface area contributed by atoms with Crippen molar-refractivity contribution < 1.29 is 14.3 Å². The number of nitrogens with one attached hydrogen (secondary N) is 2. The highest BCUT2D eigenvalue weighted by Crippen LogP contribution is 2.34. The van der Waals surface area contributed by atoms with Crippen molar-refractivity contribution >= 4 is 65.9 Å². The van der Waals surface area contributed by atoms with Crippen LogP contribution < -0.4 is 15.4 Å². The fourth-order valence-corrected chi connectivity index (χ4v) is 3.90. The molecule has 1 amide bonds. The van der Waals surface area contributed by atoms with Crippen molar-refractivity contribution in [3.05, 3.63) is 39.3 Å². The SMILES string of the molecule is O=C(COc1ccc2cc(Br)ccc2c1Br)NC(=S)NCC1CCCO1. The van der Waals surface area contributed by atoms with Gasteiger partial charge in [0.2, 0.25) is 0 Å². The first-order valence-corrected chi connectivity index (χ1v) is 10.2. The summed E-state index contributed by atoms with van der Waals surface area (Å²) < 4.78 is 13.0. The summed E-state index contributed by atoms with van der Waals surface area (Å²) in [4.78, 5) is 12.0. The Morgan fingerprint density at radius 1 is 1.31 bits per heavy atom. The zero-order valence-electron chi connectivity index (χ0n) is 13.9. The molecule has 1 saturated heterocycles. The Hall–Kier alpha value is -1.22. The number of ether oxygens (including phenoxy) is 2. The van der Waals surface area contributed by atoms with Gasteiger partial charge in [0.15, 0.2) is 11.7 Å². The molecule has 138 valence electrons. The van der Waals surface area contributed by atoms with E-state index in [1.165, 1.54) is 0 Å². The van der Waals surface area contributed by atoms with E-state index in [9.17, 15) is 4.79 Å². The second-order valence-electron chi connectivity index (χ2n) is 5.93. The minimum atomic E-state index is -0.308. The van der Waals surface area contributed by atoms with Crippen LogP contribution in [-0.4, -0.2) is 36.9 Å². The summed E-state index contributed by atoms with van der Waals surface area (Å²) in [6, 6.07) is 9.75. The number of rotatable bonds is 5. The third-order valence-electron chi connectivity index (χ3n) is 4.01. The molecule has 26 heavy (non-hydrogen) atoms. The third kappa shape index (κ3) is 5.16. The van der Waals surface area contributed by atoms with Crippen LogP contribution in [0.15, 0.2) is 39.3 Å². The minimum absolute atomic E-state index is 0.123. The molecule has 2 aromatic rings. The first-order chi connectivity index (χ1) is 12.5. The lowest BCUT2D eigenvalue weighted by atomic mass is 10.1. The van der Waals surface area contributed by atoms with Gasteiger partial charge in [0.25, 0.3) is 5.91 Å². The molecule has 1 atom stereocenters. The number of hydrogen-bond donors (Lipinski definition) is 2. The molecule has 0 radical (unpaired) electrons. The van der Waals surface area contributed by atoms with Gasteiger partial charge in [-0.15, -0.1) is 0 Å². The third-order valence-corrected chi connectivity index (χ3v) is 5.56. The normalized spacial score (nSPS) is 16.5. The summed E-state index contributed by atoms with van der Waals surface area (Å²) in [5.41, 5.74) is 0. The fraction of sp³-hybridized carbons (Fsp3) is 0.333. The van der Waals surface area contributed by atoms with Gasteiger partial charge < -0.3 is 20.1 Å². The van der Waals surface area contributed by atoms with E-state index < -0.39 is 0 Å². The van der Waals surface area contributed by atoms with E-state index in [0.29, 0.717) is 12.3 Å². The minimum Gasteiger partial charge on any atom is -0.483 e. The maximum absolute atomic E-state index is 12.0. The summed E-state index contributed by atoms with van der Waals surface area (Å²) in [6.07, 6.45) is 2.24. The van der Waals surface area contributed by atoms with E-state index in [1.807, 2.05) is 30.3 Å². The van der Waals surface area contributed by atoms with Crippen LogP contribution >= 0.6 is 44.1 Å². The largest absolute Gasteiger partial charge is 0.483 e. The van der Waals surface area contributed by atoms with Crippen molar-refractivity contribution in [3.63, 3.8) is 0 Å². The number of benzene rings is 2. The molecular weight excluding hydrogens is 484 g/mol. The molecule has 2 N–H and O–H groups in total. The number of fused-ring (bicyclic) bond motifs is 1. The number of halogens is 2. The number of hydrogen-bond acceptors (Lipinski definition) is 4. The van der Waals surface area contributed by atoms with E-state index in [0.717, 1.165) is 39.2 Å². The monoisotopic (exact) mass is 500 g/mol. The van der Waals surface area contributed by atoms with E-state index in [2.05, 4.69) is 42.5 Å². The molecule has 8 heteroatoms. The maximum atomic E-state index is 12.0. The molecule has 3 rings (SSSR count). The van der Waals surface area contributed by atoms with Gasteiger partial charge in [0.05, 0.1) is 10.6 Å². The number of carbonyl (C=O) groups excluding carboxylic acids is 1. The van der Waals surface area contributed by atoms with Gasteiger partial charge in [-0.2, -0.15) is 0 Å². The predicted molar refractivity (Wildman–Crippen MR) is 113 cm³/mol. The van der Waals surface area contributed by atoms with Gasteiger partial charge in [0.1, 0.15) is 5.75 Å². The Morgan fingerprint density at radius 2 is 2.15 bits per heavy atom. The Kier molecular flexibility index (Phi) is 6.86. The predicted octanol–water partition coefficient (Wildman–Crippen LogP) is 3.91. The smallest absolute Gasteiger partial charge is 0.264 e. The summed E-state index contributed by atoms with van der Waals surface area (Å²) >= 11 is 12.1. The van der Waals surface area contributed by atoms with Gasteiger partial charge >= 0.3 is 0 Å². The Balaban J connectivity index is 1.50. The van der Waals surface area contributed by atoms with Gasteiger partial charge in [-0.25, -0.2) is 0 Å². The number of amides is 1. The first kappa shape index (κ1) is 19.5. The molecule has 0 saturated carbocycles. The van der Waals surface area contributed by atoms with Crippen molar-refractivity contribution in [2.24, 2.45) is 0 Å². The molecule has 0 spiro atoms. The number of carbonyl (C=O) groups is 1. The average molecular weight is 502 g/mol. The molecule has 1 unspecified atom stereocenters. The second-order valence-corrected chi connectivity index (χ2v) is 8.04. The molecule has 2 aromatic carbocycles. The lowest BCUT2D eigenvalue weighted by Crippen LogP contribution is -2.43. The quantitative estimate of drug-likeness (QED) is 0.608. The van der Waals surface area contributed by atoms with Crippen LogP contribution in [0.1, 0.15) is 12.8 Å². The van der Waals surface area contributed by atoms with E-state index in [1.54, 1.807) is 0 Å². The summed E-state index contributed by atoms with van der Waals surface area (Å²) in [7, 11) is 0. The molecule has 1 heterocycles. The van der Waals surface area contributed by atoms with Crippen LogP contribution in [0.25, 0.3) is 10.8 Å². The van der Waals surface area contributed by atoms with E-state index in [4.69, 9.17) is 21.7 Å². The molecule has 0 aromatic heterocycles. The molecular formula is C18H18Br2N2O3S. The highest BCUT2D eigenvalue weighted by atomic mass is 79.9. The van der Waals surface area contributed by atoms with E-state index in [-0.39, 0.29) is 23.7 Å². The zero-order chi connectivity index (χ0) is 18.5. The maximum Gasteiger partial charge on any atom is 0.264 e. The van der Waals surface area contributed by atoms with Gasteiger partial charge in [-0.05, 0) is 70.0 Å². The standard InChI is InChI=1S/C18H18Br2N2O3S/c19-12-4-5-14-11(8-12)3-6-15(17(14)20)25-10-16(23)22-18(26)21-9-13-2-1-7-24-13/h3-6,8,13H,1-2,7,9-10H2,(H2,21,22,23,26). The Labute approximate surface area is 174 Å². The molecule has 5 nitrogen and oxygen atoms in total. The molecule has 0 aliphatic carbocycles. The Morgan fingerprint density at radius 3 is 2.92 bits per heavy atom. The van der Waals surface area contributed by atoms with Crippen LogP contribution in [0.4, 0.5) is 0 Å². The number of thiocarbonyl (C=S) groups is 1. The highest BCUT2D eigenvalue weighted by molar-refractivity contribution is 9.11. The van der Waals surface area contributed by atoms with E-state index >= 15 is 0 Å².